The molecular weight excluding hydrogens is 565 g/mol. The van der Waals surface area contributed by atoms with Gasteiger partial charge in [-0.1, -0.05) is 23.2 Å². The summed E-state index contributed by atoms with van der Waals surface area (Å²) in [6.45, 7) is 1.56. The van der Waals surface area contributed by atoms with Gasteiger partial charge in [-0.25, -0.2) is 19.7 Å². The lowest BCUT2D eigenvalue weighted by Gasteiger charge is -2.49. The van der Waals surface area contributed by atoms with Crippen LogP contribution in [0.1, 0.15) is 11.5 Å². The number of oxime groups is 1. The number of β-lactam (4-membered cyclic amide) rings is 1. The van der Waals surface area contributed by atoms with Crippen LogP contribution < -0.4 is 16.8 Å². The molecule has 2 aromatic heterocycles. The van der Waals surface area contributed by atoms with Gasteiger partial charge in [-0.15, -0.1) is 41.3 Å². The number of thioether (sulfide) groups is 2. The number of carbonyl (C=O) groups is 3. The van der Waals surface area contributed by atoms with E-state index in [2.05, 4.69) is 31.3 Å². The van der Waals surface area contributed by atoms with E-state index in [0.29, 0.717) is 33.7 Å². The number of aryl methyl sites for hydroxylation is 1. The van der Waals surface area contributed by atoms with Crippen molar-refractivity contribution in [3.8, 4) is 12.3 Å². The molecule has 0 radical (unpaired) electrons. The highest BCUT2D eigenvalue weighted by Gasteiger charge is 2.54. The number of fused-ring (bicyclic) bond motifs is 1. The molecule has 1 fully saturated rings. The minimum Gasteiger partial charge on any atom is -0.477 e. The molecule has 2 aromatic rings. The lowest BCUT2D eigenvalue weighted by atomic mass is 10.0. The first-order chi connectivity index (χ1) is 18.7. The Balaban J connectivity index is 1.45. The molecule has 6 N–H and O–H groups in total. The van der Waals surface area contributed by atoms with Crippen molar-refractivity contribution >= 4 is 69.3 Å². The minimum absolute atomic E-state index is 0.129. The van der Waals surface area contributed by atoms with Crippen molar-refractivity contribution in [2.75, 3.05) is 29.6 Å². The minimum atomic E-state index is -1.24. The Morgan fingerprint density at radius 2 is 2.21 bits per heavy atom. The highest BCUT2D eigenvalue weighted by Crippen LogP contribution is 2.40. The molecular formula is C23H22N8O5S3. The van der Waals surface area contributed by atoms with Gasteiger partial charge >= 0.3 is 5.97 Å². The lowest BCUT2D eigenvalue weighted by Crippen LogP contribution is -2.71. The van der Waals surface area contributed by atoms with Crippen LogP contribution in [0.15, 0.2) is 45.1 Å². The van der Waals surface area contributed by atoms with Crippen LogP contribution in [-0.4, -0.2) is 78.0 Å². The van der Waals surface area contributed by atoms with E-state index in [1.807, 2.05) is 0 Å². The Morgan fingerprint density at radius 1 is 1.41 bits per heavy atom. The van der Waals surface area contributed by atoms with Crippen LogP contribution in [0, 0.1) is 19.3 Å². The fourth-order valence-corrected chi connectivity index (χ4v) is 6.31. The van der Waals surface area contributed by atoms with Gasteiger partial charge in [0.25, 0.3) is 11.8 Å². The summed E-state index contributed by atoms with van der Waals surface area (Å²) in [5, 5.41) is 18.1. The maximum Gasteiger partial charge on any atom is 0.352 e. The number of thiazole rings is 1. The molecule has 16 heteroatoms. The molecule has 13 nitrogen and oxygen atoms in total. The quantitative estimate of drug-likeness (QED) is 0.0583. The first kappa shape index (κ1) is 28.0. The van der Waals surface area contributed by atoms with E-state index in [-0.39, 0.29) is 28.8 Å². The number of carboxylic acid groups (broad SMARTS) is 1. The number of nitrogens with two attached hydrogens (primary N) is 2. The molecule has 0 saturated carbocycles. The van der Waals surface area contributed by atoms with E-state index in [0.717, 1.165) is 11.3 Å². The second kappa shape index (κ2) is 12.2. The molecule has 0 spiro atoms. The monoisotopic (exact) mass is 586 g/mol. The number of amides is 2. The smallest absolute Gasteiger partial charge is 0.352 e. The van der Waals surface area contributed by atoms with Crippen LogP contribution in [0.5, 0.6) is 0 Å². The molecule has 0 bridgehead atoms. The molecule has 202 valence electrons. The summed E-state index contributed by atoms with van der Waals surface area (Å²) in [5.74, 6) is 1.43. The normalized spacial score (nSPS) is 18.9. The molecule has 39 heavy (non-hydrogen) atoms. The van der Waals surface area contributed by atoms with E-state index in [4.69, 9.17) is 22.7 Å². The van der Waals surface area contributed by atoms with Crippen LogP contribution >= 0.6 is 34.9 Å². The Hall–Kier alpha value is -4.07. The Kier molecular flexibility index (Phi) is 8.74. The molecule has 2 amide bonds. The topological polar surface area (TPSA) is 199 Å². The molecule has 2 atom stereocenters. The van der Waals surface area contributed by atoms with Crippen molar-refractivity contribution < 1.29 is 24.3 Å². The zero-order chi connectivity index (χ0) is 28.1. The van der Waals surface area contributed by atoms with Gasteiger partial charge in [0.05, 0.1) is 0 Å². The van der Waals surface area contributed by atoms with Gasteiger partial charge in [0.15, 0.2) is 17.5 Å². The lowest BCUT2D eigenvalue weighted by molar-refractivity contribution is -0.150. The average Bonchev–Trinajstić information content (AvgIpc) is 3.32. The number of aliphatic carboxylic acids is 1. The van der Waals surface area contributed by atoms with Crippen molar-refractivity contribution in [3.05, 3.63) is 46.4 Å². The van der Waals surface area contributed by atoms with Crippen LogP contribution in [0.25, 0.3) is 0 Å². The van der Waals surface area contributed by atoms with E-state index in [9.17, 15) is 19.5 Å². The predicted octanol–water partition coefficient (Wildman–Crippen LogP) is 0.847. The fraction of sp³-hybridized carbons (Fsp3) is 0.261. The first-order valence-corrected chi connectivity index (χ1v) is 14.1. The number of nitrogen functional groups attached to an aromatic ring is 2. The summed E-state index contributed by atoms with van der Waals surface area (Å²) >= 11 is 3.84. The number of hydrogen-bond donors (Lipinski definition) is 4. The molecule has 4 rings (SSSR count). The van der Waals surface area contributed by atoms with Crippen molar-refractivity contribution in [1.82, 2.24) is 25.2 Å². The predicted molar refractivity (Wildman–Crippen MR) is 149 cm³/mol. The average molecular weight is 587 g/mol. The number of carbonyl (C=O) groups excluding carboxylic acids is 2. The maximum absolute atomic E-state index is 13.0. The largest absolute Gasteiger partial charge is 0.477 e. The standard InChI is InChI=1S/C23H22N8O5S3/c1-3-6-36-30-16(13-10-39-23(25)28-13)19(32)29-17-20(33)31-18(22(34)35)12(9-38-21(17)31)5-4-7-37-15-8-14(24)26-11(2)27-15/h1,4-5,8,10,17,21H,6-7,9H2,2H3,(H2,25,28)(H,29,32)(H,34,35)(H2,24,26,27)/b5-4+,30-16+/t17?,21-/m1/s1. The zero-order valence-electron chi connectivity index (χ0n) is 20.4. The molecule has 2 aliphatic rings. The van der Waals surface area contributed by atoms with E-state index in [1.54, 1.807) is 25.1 Å². The second-order valence-corrected chi connectivity index (χ2v) is 11.0. The van der Waals surface area contributed by atoms with E-state index < -0.39 is 29.2 Å². The van der Waals surface area contributed by atoms with Gasteiger partial charge < -0.3 is 26.7 Å². The summed E-state index contributed by atoms with van der Waals surface area (Å²) in [4.78, 5) is 56.6. The molecule has 0 aliphatic carbocycles. The Bertz CT molecular complexity index is 1430. The molecule has 1 unspecified atom stereocenters. The van der Waals surface area contributed by atoms with Crippen molar-refractivity contribution in [2.24, 2.45) is 5.16 Å². The van der Waals surface area contributed by atoms with Crippen molar-refractivity contribution in [1.29, 1.82) is 0 Å². The van der Waals surface area contributed by atoms with Crippen LogP contribution in [0.4, 0.5) is 10.9 Å². The van der Waals surface area contributed by atoms with Gasteiger partial charge in [0.1, 0.15) is 39.5 Å². The number of nitrogens with one attached hydrogen (secondary N) is 1. The number of aromatic nitrogens is 3. The van der Waals surface area contributed by atoms with Crippen LogP contribution in [-0.2, 0) is 19.2 Å². The van der Waals surface area contributed by atoms with Gasteiger partial charge in [0.2, 0.25) is 0 Å². The Labute approximate surface area is 235 Å². The number of nitrogens with zero attached hydrogens (tertiary/aromatic N) is 5. The zero-order valence-corrected chi connectivity index (χ0v) is 22.8. The summed E-state index contributed by atoms with van der Waals surface area (Å²) in [6.07, 6.45) is 8.63. The summed E-state index contributed by atoms with van der Waals surface area (Å²) < 4.78 is 0. The third-order valence-electron chi connectivity index (χ3n) is 5.25. The van der Waals surface area contributed by atoms with Gasteiger partial charge in [-0.2, -0.15) is 0 Å². The molecule has 2 aliphatic heterocycles. The van der Waals surface area contributed by atoms with Gasteiger partial charge in [-0.05, 0) is 12.5 Å². The van der Waals surface area contributed by atoms with Crippen LogP contribution in [0.2, 0.25) is 0 Å². The SMILES string of the molecule is C#CCO/N=C(/C(=O)NC1C(=O)N2C(C(=O)O)=C(/C=C/CSc3cc(N)nc(C)n3)CS[C@H]12)c1csc(N)n1. The third kappa shape index (κ3) is 6.33. The van der Waals surface area contributed by atoms with E-state index in [1.165, 1.54) is 33.8 Å². The number of rotatable bonds is 10. The number of terminal acetylenes is 1. The first-order valence-electron chi connectivity index (χ1n) is 11.2. The van der Waals surface area contributed by atoms with Crippen molar-refractivity contribution in [2.45, 2.75) is 23.4 Å². The number of allylic oxidation sites excluding steroid dienone is 1. The summed E-state index contributed by atoms with van der Waals surface area (Å²) in [5.41, 5.74) is 11.7. The fourth-order valence-electron chi connectivity index (χ4n) is 3.68. The highest BCUT2D eigenvalue weighted by molar-refractivity contribution is 8.00. The molecule has 1 saturated heterocycles. The number of hydrogen-bond acceptors (Lipinski definition) is 13. The second-order valence-electron chi connectivity index (χ2n) is 7.92. The summed E-state index contributed by atoms with van der Waals surface area (Å²) in [6, 6.07) is 0.681. The molecule has 0 aromatic carbocycles. The van der Waals surface area contributed by atoms with Gasteiger partial charge in [0, 0.05) is 23.0 Å². The van der Waals surface area contributed by atoms with Crippen LogP contribution in [0.3, 0.4) is 0 Å². The molecule has 4 heterocycles. The van der Waals surface area contributed by atoms with Gasteiger partial charge in [-0.3, -0.25) is 14.5 Å². The summed E-state index contributed by atoms with van der Waals surface area (Å²) in [7, 11) is 0. The third-order valence-corrected chi connectivity index (χ3v) is 8.09. The highest BCUT2D eigenvalue weighted by atomic mass is 32.2. The maximum atomic E-state index is 13.0. The van der Waals surface area contributed by atoms with Crippen molar-refractivity contribution in [3.63, 3.8) is 0 Å². The number of anilines is 2. The van der Waals surface area contributed by atoms with E-state index >= 15 is 0 Å². The Morgan fingerprint density at radius 3 is 2.87 bits per heavy atom. The number of carboxylic acids is 1.